The molecule has 5 nitrogen and oxygen atoms in total. The van der Waals surface area contributed by atoms with Gasteiger partial charge in [-0.25, -0.2) is 0 Å². The molecule has 1 aliphatic rings. The zero-order chi connectivity index (χ0) is 18.1. The molecule has 1 unspecified atom stereocenters. The largest absolute Gasteiger partial charge is 0.374 e. The number of halogens is 1. The van der Waals surface area contributed by atoms with Gasteiger partial charge in [-0.2, -0.15) is 0 Å². The van der Waals surface area contributed by atoms with Crippen molar-refractivity contribution in [1.29, 1.82) is 0 Å². The molecule has 1 heterocycles. The molecule has 0 bridgehead atoms. The zero-order valence-corrected chi connectivity index (χ0v) is 19.0. The Hall–Kier alpha value is -0.860. The van der Waals surface area contributed by atoms with Gasteiger partial charge in [0.25, 0.3) is 0 Å². The third-order valence-electron chi connectivity index (χ3n) is 5.40. The van der Waals surface area contributed by atoms with E-state index in [-0.39, 0.29) is 35.5 Å². The fourth-order valence-electron chi connectivity index (χ4n) is 3.48. The van der Waals surface area contributed by atoms with Crippen molar-refractivity contribution < 1.29 is 4.74 Å². The van der Waals surface area contributed by atoms with Gasteiger partial charge in [0.15, 0.2) is 5.96 Å². The number of aliphatic imine (C=N–C) groups is 1. The molecule has 1 fully saturated rings. The van der Waals surface area contributed by atoms with E-state index in [0.717, 1.165) is 51.6 Å². The lowest BCUT2D eigenvalue weighted by Gasteiger charge is -2.34. The molecule has 0 spiro atoms. The maximum atomic E-state index is 5.81. The Morgan fingerprint density at radius 2 is 1.92 bits per heavy atom. The number of ether oxygens (including phenoxy) is 1. The fraction of sp³-hybridized carbons (Fsp3) is 0.650. The van der Waals surface area contributed by atoms with Crippen molar-refractivity contribution >= 4 is 29.9 Å². The molecule has 148 valence electrons. The Balaban J connectivity index is 0.00000338. The molecule has 0 saturated carbocycles. The highest BCUT2D eigenvalue weighted by atomic mass is 127. The van der Waals surface area contributed by atoms with Crippen LogP contribution in [0.15, 0.2) is 35.3 Å². The van der Waals surface area contributed by atoms with E-state index < -0.39 is 0 Å². The lowest BCUT2D eigenvalue weighted by Crippen LogP contribution is -2.50. The summed E-state index contributed by atoms with van der Waals surface area (Å²) in [4.78, 5) is 6.69. The van der Waals surface area contributed by atoms with Crippen LogP contribution in [0.3, 0.4) is 0 Å². The molecule has 0 aliphatic carbocycles. The second-order valence-electron chi connectivity index (χ2n) is 6.92. The second kappa shape index (κ2) is 11.8. The van der Waals surface area contributed by atoms with Gasteiger partial charge in [0, 0.05) is 38.6 Å². The Labute approximate surface area is 176 Å². The third-order valence-corrected chi connectivity index (χ3v) is 5.40. The van der Waals surface area contributed by atoms with Gasteiger partial charge in [0.2, 0.25) is 0 Å². The van der Waals surface area contributed by atoms with Crippen molar-refractivity contribution in [3.8, 4) is 0 Å². The summed E-state index contributed by atoms with van der Waals surface area (Å²) >= 11 is 0. The third kappa shape index (κ3) is 6.39. The number of nitrogens with zero attached hydrogens (tertiary/aromatic N) is 2. The molecule has 1 aromatic carbocycles. The fourth-order valence-corrected chi connectivity index (χ4v) is 3.48. The minimum absolute atomic E-state index is 0. The van der Waals surface area contributed by atoms with E-state index >= 15 is 0 Å². The maximum Gasteiger partial charge on any atom is 0.191 e. The molecule has 1 atom stereocenters. The average molecular weight is 474 g/mol. The van der Waals surface area contributed by atoms with E-state index in [1.165, 1.54) is 5.56 Å². The summed E-state index contributed by atoms with van der Waals surface area (Å²) in [7, 11) is 3.96. The molecule has 2 rings (SSSR count). The van der Waals surface area contributed by atoms with Crippen LogP contribution in [0.2, 0.25) is 0 Å². The van der Waals surface area contributed by atoms with Gasteiger partial charge in [-0.05, 0) is 25.5 Å². The SMILES string of the molecule is CCC(CC)(CNC(=NC)NCC1CN(C)CCO1)c1ccccc1.I. The lowest BCUT2D eigenvalue weighted by atomic mass is 9.76. The monoisotopic (exact) mass is 474 g/mol. The molecule has 1 aliphatic heterocycles. The van der Waals surface area contributed by atoms with E-state index in [4.69, 9.17) is 4.74 Å². The van der Waals surface area contributed by atoms with Crippen LogP contribution in [0.1, 0.15) is 32.3 Å². The predicted octanol–water partition coefficient (Wildman–Crippen LogP) is 2.86. The van der Waals surface area contributed by atoms with Crippen LogP contribution in [-0.4, -0.2) is 63.8 Å². The van der Waals surface area contributed by atoms with Gasteiger partial charge < -0.3 is 20.3 Å². The van der Waals surface area contributed by atoms with E-state index in [2.05, 4.69) is 71.8 Å². The summed E-state index contributed by atoms with van der Waals surface area (Å²) in [6.45, 7) is 8.95. The molecule has 2 N–H and O–H groups in total. The molecule has 0 radical (unpaired) electrons. The van der Waals surface area contributed by atoms with Gasteiger partial charge in [-0.15, -0.1) is 24.0 Å². The van der Waals surface area contributed by atoms with Crippen molar-refractivity contribution in [2.24, 2.45) is 4.99 Å². The van der Waals surface area contributed by atoms with Gasteiger partial charge in [-0.3, -0.25) is 4.99 Å². The van der Waals surface area contributed by atoms with Crippen molar-refractivity contribution in [2.75, 3.05) is 46.9 Å². The van der Waals surface area contributed by atoms with Crippen LogP contribution in [0, 0.1) is 0 Å². The first-order valence-electron chi connectivity index (χ1n) is 9.43. The Bertz CT molecular complexity index is 534. The van der Waals surface area contributed by atoms with Crippen LogP contribution in [0.4, 0.5) is 0 Å². The average Bonchev–Trinajstić information content (AvgIpc) is 2.66. The summed E-state index contributed by atoms with van der Waals surface area (Å²) in [6, 6.07) is 10.8. The van der Waals surface area contributed by atoms with Gasteiger partial charge in [0.1, 0.15) is 0 Å². The van der Waals surface area contributed by atoms with Crippen molar-refractivity contribution in [1.82, 2.24) is 15.5 Å². The Morgan fingerprint density at radius 3 is 2.50 bits per heavy atom. The van der Waals surface area contributed by atoms with Gasteiger partial charge in [-0.1, -0.05) is 44.2 Å². The maximum absolute atomic E-state index is 5.81. The summed E-state index contributed by atoms with van der Waals surface area (Å²) in [5.74, 6) is 0.846. The first kappa shape index (κ1) is 23.2. The summed E-state index contributed by atoms with van der Waals surface area (Å²) < 4.78 is 5.81. The normalized spacial score (nSPS) is 18.9. The van der Waals surface area contributed by atoms with E-state index in [1.807, 2.05) is 7.05 Å². The second-order valence-corrected chi connectivity index (χ2v) is 6.92. The van der Waals surface area contributed by atoms with Crippen LogP contribution >= 0.6 is 24.0 Å². The molecule has 0 aromatic heterocycles. The summed E-state index contributed by atoms with van der Waals surface area (Å²) in [5.41, 5.74) is 1.51. The number of morpholine rings is 1. The topological polar surface area (TPSA) is 48.9 Å². The summed E-state index contributed by atoms with van der Waals surface area (Å²) in [6.07, 6.45) is 2.40. The number of guanidine groups is 1. The predicted molar refractivity (Wildman–Crippen MR) is 121 cm³/mol. The standard InChI is InChI=1S/C20H34N4O.HI/c1-5-20(6-2,17-10-8-7-9-11-17)16-23-19(21-3)22-14-18-15-24(4)12-13-25-18;/h7-11,18H,5-6,12-16H2,1-4H3,(H2,21,22,23);1H. The van der Waals surface area contributed by atoms with Crippen LogP contribution in [0.25, 0.3) is 0 Å². The first-order valence-corrected chi connectivity index (χ1v) is 9.43. The molecule has 6 heteroatoms. The zero-order valence-electron chi connectivity index (χ0n) is 16.6. The number of hydrogen-bond donors (Lipinski definition) is 2. The molecule has 26 heavy (non-hydrogen) atoms. The molecule has 0 amide bonds. The van der Waals surface area contributed by atoms with Crippen LogP contribution in [-0.2, 0) is 10.2 Å². The van der Waals surface area contributed by atoms with Crippen molar-refractivity contribution in [3.05, 3.63) is 35.9 Å². The van der Waals surface area contributed by atoms with E-state index in [9.17, 15) is 0 Å². The van der Waals surface area contributed by atoms with Gasteiger partial charge >= 0.3 is 0 Å². The number of hydrogen-bond acceptors (Lipinski definition) is 3. The number of benzene rings is 1. The summed E-state index contributed by atoms with van der Waals surface area (Å²) in [5, 5.41) is 6.95. The minimum atomic E-state index is 0. The Kier molecular flexibility index (Phi) is 10.5. The minimum Gasteiger partial charge on any atom is -0.374 e. The Morgan fingerprint density at radius 1 is 1.23 bits per heavy atom. The van der Waals surface area contributed by atoms with Crippen molar-refractivity contribution in [2.45, 2.75) is 38.2 Å². The highest BCUT2D eigenvalue weighted by molar-refractivity contribution is 14.0. The van der Waals surface area contributed by atoms with Crippen LogP contribution < -0.4 is 10.6 Å². The molecular formula is C20H35IN4O. The smallest absolute Gasteiger partial charge is 0.191 e. The number of nitrogens with one attached hydrogen (secondary N) is 2. The number of likely N-dealkylation sites (N-methyl/N-ethyl adjacent to an activating group) is 1. The first-order chi connectivity index (χ1) is 12.1. The number of rotatable bonds is 7. The highest BCUT2D eigenvalue weighted by Gasteiger charge is 2.28. The molecule has 1 saturated heterocycles. The van der Waals surface area contributed by atoms with E-state index in [1.54, 1.807) is 0 Å². The highest BCUT2D eigenvalue weighted by Crippen LogP contribution is 2.30. The van der Waals surface area contributed by atoms with Crippen LogP contribution in [0.5, 0.6) is 0 Å². The molecular weight excluding hydrogens is 439 g/mol. The van der Waals surface area contributed by atoms with Gasteiger partial charge in [0.05, 0.1) is 12.7 Å². The quantitative estimate of drug-likeness (QED) is 0.363. The van der Waals surface area contributed by atoms with E-state index in [0.29, 0.717) is 0 Å². The molecule has 1 aromatic rings. The lowest BCUT2D eigenvalue weighted by molar-refractivity contribution is -0.0161. The van der Waals surface area contributed by atoms with Crippen molar-refractivity contribution in [3.63, 3.8) is 0 Å².